The van der Waals surface area contributed by atoms with E-state index in [1.54, 1.807) is 0 Å². The molecule has 1 N–H and O–H groups in total. The van der Waals surface area contributed by atoms with Gasteiger partial charge in [0.2, 0.25) is 0 Å². The SMILES string of the molecule is O=C(OCc1ccccc1)N1CCCCC1O. The molecule has 1 fully saturated rings. The van der Waals surface area contributed by atoms with Gasteiger partial charge in [-0.3, -0.25) is 4.90 Å². The van der Waals surface area contributed by atoms with Crippen LogP contribution < -0.4 is 0 Å². The van der Waals surface area contributed by atoms with Gasteiger partial charge in [0.1, 0.15) is 12.8 Å². The van der Waals surface area contributed by atoms with E-state index >= 15 is 0 Å². The minimum atomic E-state index is -0.688. The highest BCUT2D eigenvalue weighted by Gasteiger charge is 2.25. The third-order valence-electron chi connectivity index (χ3n) is 2.91. The molecule has 1 aromatic carbocycles. The van der Waals surface area contributed by atoms with E-state index < -0.39 is 12.3 Å². The van der Waals surface area contributed by atoms with Crippen LogP contribution in [-0.4, -0.2) is 28.9 Å². The summed E-state index contributed by atoms with van der Waals surface area (Å²) in [4.78, 5) is 13.1. The Kier molecular flexibility index (Phi) is 3.98. The standard InChI is InChI=1S/C13H17NO3/c15-12-8-4-5-9-14(12)13(16)17-10-11-6-2-1-3-7-11/h1-3,6-7,12,15H,4-5,8-10H2. The van der Waals surface area contributed by atoms with Crippen molar-refractivity contribution in [3.05, 3.63) is 35.9 Å². The summed E-state index contributed by atoms with van der Waals surface area (Å²) in [6.45, 7) is 0.831. The van der Waals surface area contributed by atoms with E-state index in [0.717, 1.165) is 18.4 Å². The molecular formula is C13H17NO3. The van der Waals surface area contributed by atoms with Crippen molar-refractivity contribution >= 4 is 6.09 Å². The average molecular weight is 235 g/mol. The Labute approximate surface area is 101 Å². The molecule has 0 aromatic heterocycles. The monoisotopic (exact) mass is 235 g/mol. The van der Waals surface area contributed by atoms with Gasteiger partial charge in [-0.2, -0.15) is 0 Å². The smallest absolute Gasteiger partial charge is 0.412 e. The molecule has 1 atom stereocenters. The largest absolute Gasteiger partial charge is 0.444 e. The number of aliphatic hydroxyl groups excluding tert-OH is 1. The molecule has 2 rings (SSSR count). The lowest BCUT2D eigenvalue weighted by molar-refractivity contribution is -0.0235. The van der Waals surface area contributed by atoms with Crippen LogP contribution in [0.4, 0.5) is 4.79 Å². The third kappa shape index (κ3) is 3.20. The Morgan fingerprint density at radius 2 is 2.12 bits per heavy atom. The zero-order chi connectivity index (χ0) is 12.1. The maximum atomic E-state index is 11.7. The van der Waals surface area contributed by atoms with Crippen molar-refractivity contribution in [2.24, 2.45) is 0 Å². The maximum absolute atomic E-state index is 11.7. The molecule has 0 spiro atoms. The highest BCUT2D eigenvalue weighted by Crippen LogP contribution is 2.16. The van der Waals surface area contributed by atoms with E-state index in [9.17, 15) is 9.90 Å². The van der Waals surface area contributed by atoms with Gasteiger partial charge in [-0.1, -0.05) is 30.3 Å². The zero-order valence-corrected chi connectivity index (χ0v) is 9.71. The quantitative estimate of drug-likeness (QED) is 0.854. The van der Waals surface area contributed by atoms with E-state index in [1.807, 2.05) is 30.3 Å². The molecule has 0 radical (unpaired) electrons. The van der Waals surface area contributed by atoms with Crippen molar-refractivity contribution in [1.29, 1.82) is 0 Å². The molecule has 1 aliphatic rings. The van der Waals surface area contributed by atoms with Crippen LogP contribution in [0.1, 0.15) is 24.8 Å². The first-order valence-corrected chi connectivity index (χ1v) is 5.93. The molecule has 1 saturated heterocycles. The topological polar surface area (TPSA) is 49.8 Å². The minimum Gasteiger partial charge on any atom is -0.444 e. The summed E-state index contributed by atoms with van der Waals surface area (Å²) in [6, 6.07) is 9.53. The summed E-state index contributed by atoms with van der Waals surface area (Å²) in [5.41, 5.74) is 0.951. The second-order valence-electron chi connectivity index (χ2n) is 4.21. The van der Waals surface area contributed by atoms with Gasteiger partial charge in [0, 0.05) is 6.54 Å². The van der Waals surface area contributed by atoms with Crippen LogP contribution >= 0.6 is 0 Å². The molecule has 1 aliphatic heterocycles. The number of aliphatic hydroxyl groups is 1. The van der Waals surface area contributed by atoms with Gasteiger partial charge in [-0.15, -0.1) is 0 Å². The van der Waals surface area contributed by atoms with Crippen molar-refractivity contribution in [2.45, 2.75) is 32.1 Å². The van der Waals surface area contributed by atoms with E-state index in [2.05, 4.69) is 0 Å². The van der Waals surface area contributed by atoms with Gasteiger partial charge in [-0.25, -0.2) is 4.79 Å². The second kappa shape index (κ2) is 5.68. The highest BCUT2D eigenvalue weighted by molar-refractivity contribution is 5.67. The summed E-state index contributed by atoms with van der Waals surface area (Å²) in [6.07, 6.45) is 1.41. The first-order valence-electron chi connectivity index (χ1n) is 5.93. The summed E-state index contributed by atoms with van der Waals surface area (Å²) in [5, 5.41) is 9.66. The van der Waals surface area contributed by atoms with Crippen molar-refractivity contribution < 1.29 is 14.6 Å². The zero-order valence-electron chi connectivity index (χ0n) is 9.71. The number of piperidine rings is 1. The van der Waals surface area contributed by atoms with Crippen LogP contribution in [0.3, 0.4) is 0 Å². The van der Waals surface area contributed by atoms with E-state index in [-0.39, 0.29) is 6.61 Å². The molecule has 4 nitrogen and oxygen atoms in total. The first-order chi connectivity index (χ1) is 8.27. The second-order valence-corrected chi connectivity index (χ2v) is 4.21. The Bertz CT molecular complexity index is 366. The van der Waals surface area contributed by atoms with Gasteiger partial charge in [0.25, 0.3) is 0 Å². The Morgan fingerprint density at radius 3 is 2.82 bits per heavy atom. The lowest BCUT2D eigenvalue weighted by Gasteiger charge is -2.31. The number of hydrogen-bond donors (Lipinski definition) is 1. The van der Waals surface area contributed by atoms with Crippen molar-refractivity contribution in [3.8, 4) is 0 Å². The number of hydrogen-bond acceptors (Lipinski definition) is 3. The fourth-order valence-electron chi connectivity index (χ4n) is 1.93. The summed E-state index contributed by atoms with van der Waals surface area (Å²) in [5.74, 6) is 0. The number of rotatable bonds is 2. The van der Waals surface area contributed by atoms with Crippen LogP contribution in [0, 0.1) is 0 Å². The predicted molar refractivity (Wildman–Crippen MR) is 63.2 cm³/mol. The van der Waals surface area contributed by atoms with Crippen LogP contribution in [0.5, 0.6) is 0 Å². The Morgan fingerprint density at radius 1 is 1.35 bits per heavy atom. The van der Waals surface area contributed by atoms with Gasteiger partial charge >= 0.3 is 6.09 Å². The lowest BCUT2D eigenvalue weighted by Crippen LogP contribution is -2.43. The van der Waals surface area contributed by atoms with Crippen LogP contribution in [0.25, 0.3) is 0 Å². The maximum Gasteiger partial charge on any atom is 0.412 e. The number of carbonyl (C=O) groups is 1. The fraction of sp³-hybridized carbons (Fsp3) is 0.462. The summed E-state index contributed by atoms with van der Waals surface area (Å²) >= 11 is 0. The molecule has 4 heteroatoms. The molecule has 0 saturated carbocycles. The predicted octanol–water partition coefficient (Wildman–Crippen LogP) is 2.13. The Balaban J connectivity index is 1.84. The molecular weight excluding hydrogens is 218 g/mol. The van der Waals surface area contributed by atoms with E-state index in [1.165, 1.54) is 4.90 Å². The number of carbonyl (C=O) groups excluding carboxylic acids is 1. The lowest BCUT2D eigenvalue weighted by atomic mass is 10.1. The Hall–Kier alpha value is -1.55. The molecule has 0 aliphatic carbocycles. The summed E-state index contributed by atoms with van der Waals surface area (Å²) in [7, 11) is 0. The van der Waals surface area contributed by atoms with Gasteiger partial charge < -0.3 is 9.84 Å². The number of benzene rings is 1. The first kappa shape index (κ1) is 11.9. The van der Waals surface area contributed by atoms with Crippen LogP contribution in [0.15, 0.2) is 30.3 Å². The summed E-state index contributed by atoms with van der Waals surface area (Å²) < 4.78 is 5.16. The van der Waals surface area contributed by atoms with Gasteiger partial charge in [0.15, 0.2) is 0 Å². The molecule has 1 heterocycles. The van der Waals surface area contributed by atoms with Crippen LogP contribution in [-0.2, 0) is 11.3 Å². The molecule has 92 valence electrons. The van der Waals surface area contributed by atoms with Crippen molar-refractivity contribution in [1.82, 2.24) is 4.90 Å². The number of nitrogens with zero attached hydrogens (tertiary/aromatic N) is 1. The van der Waals surface area contributed by atoms with Crippen LogP contribution in [0.2, 0.25) is 0 Å². The van der Waals surface area contributed by atoms with Gasteiger partial charge in [-0.05, 0) is 24.8 Å². The molecule has 1 amide bonds. The van der Waals surface area contributed by atoms with Gasteiger partial charge in [0.05, 0.1) is 0 Å². The fourth-order valence-corrected chi connectivity index (χ4v) is 1.93. The third-order valence-corrected chi connectivity index (χ3v) is 2.91. The van der Waals surface area contributed by atoms with E-state index in [0.29, 0.717) is 13.0 Å². The molecule has 0 bridgehead atoms. The molecule has 17 heavy (non-hydrogen) atoms. The highest BCUT2D eigenvalue weighted by atomic mass is 16.6. The average Bonchev–Trinajstić information content (AvgIpc) is 2.38. The number of ether oxygens (including phenoxy) is 1. The molecule has 1 unspecified atom stereocenters. The minimum absolute atomic E-state index is 0.253. The van der Waals surface area contributed by atoms with E-state index in [4.69, 9.17) is 4.74 Å². The molecule has 1 aromatic rings. The van der Waals surface area contributed by atoms with Crippen molar-refractivity contribution in [3.63, 3.8) is 0 Å². The van der Waals surface area contributed by atoms with Crippen molar-refractivity contribution in [2.75, 3.05) is 6.54 Å². The number of likely N-dealkylation sites (tertiary alicyclic amines) is 1. The normalized spacial score (nSPS) is 20.1. The number of amides is 1.